The van der Waals surface area contributed by atoms with E-state index in [2.05, 4.69) is 0 Å². The molecule has 0 amide bonds. The first-order chi connectivity index (χ1) is 8.24. The first-order valence-electron chi connectivity index (χ1n) is 4.97. The third-order valence-electron chi connectivity index (χ3n) is 1.92. The van der Waals surface area contributed by atoms with Gasteiger partial charge in [-0.1, -0.05) is 54.6 Å². The van der Waals surface area contributed by atoms with Crippen molar-refractivity contribution in [1.82, 2.24) is 0 Å². The van der Waals surface area contributed by atoms with Crippen LogP contribution in [0.4, 0.5) is 0 Å². The molecule has 0 atom stereocenters. The Morgan fingerprint density at radius 3 is 2.47 bits per heavy atom. The van der Waals surface area contributed by atoms with E-state index in [1.165, 1.54) is 12.2 Å². The number of allylic oxidation sites excluding steroid dienone is 4. The van der Waals surface area contributed by atoms with Gasteiger partial charge in [0.2, 0.25) is 0 Å². The van der Waals surface area contributed by atoms with E-state index in [0.29, 0.717) is 0 Å². The average Bonchev–Trinajstić information content (AvgIpc) is 2.34. The second kappa shape index (κ2) is 6.81. The minimum atomic E-state index is -1.22. The first-order valence-corrected chi connectivity index (χ1v) is 4.97. The lowest BCUT2D eigenvalue weighted by atomic mass is 10.2. The van der Waals surface area contributed by atoms with Gasteiger partial charge in [-0.3, -0.25) is 0 Å². The number of hydrogen-bond donors (Lipinski definition) is 1. The van der Waals surface area contributed by atoms with Gasteiger partial charge in [-0.2, -0.15) is 5.26 Å². The summed E-state index contributed by atoms with van der Waals surface area (Å²) in [5.41, 5.74) is 0.772. The topological polar surface area (TPSA) is 61.1 Å². The van der Waals surface area contributed by atoms with Crippen molar-refractivity contribution in [2.24, 2.45) is 0 Å². The molecule has 0 aliphatic heterocycles. The highest BCUT2D eigenvalue weighted by atomic mass is 16.4. The van der Waals surface area contributed by atoms with Crippen molar-refractivity contribution in [3.05, 3.63) is 65.8 Å². The van der Waals surface area contributed by atoms with E-state index in [1.54, 1.807) is 18.2 Å². The molecule has 0 saturated carbocycles. The van der Waals surface area contributed by atoms with Gasteiger partial charge in [0.25, 0.3) is 0 Å². The van der Waals surface area contributed by atoms with E-state index in [9.17, 15) is 4.79 Å². The summed E-state index contributed by atoms with van der Waals surface area (Å²) in [6.07, 6.45) is 8.12. The minimum Gasteiger partial charge on any atom is -0.477 e. The molecule has 0 aliphatic carbocycles. The van der Waals surface area contributed by atoms with Crippen LogP contribution in [0.2, 0.25) is 0 Å². The predicted molar refractivity (Wildman–Crippen MR) is 65.9 cm³/mol. The van der Waals surface area contributed by atoms with E-state index in [4.69, 9.17) is 10.4 Å². The van der Waals surface area contributed by atoms with Gasteiger partial charge < -0.3 is 5.11 Å². The van der Waals surface area contributed by atoms with Gasteiger partial charge in [0.05, 0.1) is 0 Å². The molecule has 0 spiro atoms. The van der Waals surface area contributed by atoms with Crippen molar-refractivity contribution in [3.8, 4) is 6.07 Å². The van der Waals surface area contributed by atoms with Crippen molar-refractivity contribution in [3.63, 3.8) is 0 Å². The zero-order chi connectivity index (χ0) is 12.5. The van der Waals surface area contributed by atoms with Gasteiger partial charge in [-0.25, -0.2) is 4.79 Å². The number of carboxylic acid groups (broad SMARTS) is 1. The maximum absolute atomic E-state index is 10.5. The highest BCUT2D eigenvalue weighted by Crippen LogP contribution is 2.01. The molecular weight excluding hydrogens is 214 g/mol. The third kappa shape index (κ3) is 4.63. The lowest BCUT2D eigenvalue weighted by Crippen LogP contribution is -1.96. The number of nitrogens with zero attached hydrogens (tertiary/aromatic N) is 1. The van der Waals surface area contributed by atoms with E-state index in [0.717, 1.165) is 5.56 Å². The Morgan fingerprint density at radius 1 is 1.18 bits per heavy atom. The van der Waals surface area contributed by atoms with Crippen LogP contribution in [-0.2, 0) is 4.79 Å². The van der Waals surface area contributed by atoms with E-state index in [1.807, 2.05) is 36.4 Å². The normalized spacial score (nSPS) is 11.8. The fraction of sp³-hybridized carbons (Fsp3) is 0. The van der Waals surface area contributed by atoms with Crippen LogP contribution in [0.1, 0.15) is 5.56 Å². The van der Waals surface area contributed by atoms with E-state index < -0.39 is 5.97 Å². The monoisotopic (exact) mass is 225 g/mol. The van der Waals surface area contributed by atoms with Gasteiger partial charge in [0.15, 0.2) is 0 Å². The number of rotatable bonds is 4. The summed E-state index contributed by atoms with van der Waals surface area (Å²) >= 11 is 0. The molecule has 1 rings (SSSR count). The number of benzene rings is 1. The van der Waals surface area contributed by atoms with Crippen LogP contribution < -0.4 is 0 Å². The Morgan fingerprint density at radius 2 is 1.88 bits per heavy atom. The SMILES string of the molecule is N#CC(=CC=CC=Cc1ccccc1)C(=O)O. The first kappa shape index (κ1) is 12.5. The van der Waals surface area contributed by atoms with Crippen LogP contribution in [-0.4, -0.2) is 11.1 Å². The number of carboxylic acids is 1. The van der Waals surface area contributed by atoms with Gasteiger partial charge in [-0.15, -0.1) is 0 Å². The molecule has 0 unspecified atom stereocenters. The van der Waals surface area contributed by atoms with Gasteiger partial charge in [0.1, 0.15) is 11.6 Å². The van der Waals surface area contributed by atoms with Crippen molar-refractivity contribution < 1.29 is 9.90 Å². The maximum Gasteiger partial charge on any atom is 0.346 e. The number of carbonyl (C=O) groups is 1. The Labute approximate surface area is 99.6 Å². The summed E-state index contributed by atoms with van der Waals surface area (Å²) in [5, 5.41) is 17.0. The molecule has 0 aromatic heterocycles. The summed E-state index contributed by atoms with van der Waals surface area (Å²) < 4.78 is 0. The standard InChI is InChI=1S/C14H11NO2/c15-11-13(14(16)17)10-6-2-5-9-12-7-3-1-4-8-12/h1-10H,(H,16,17). The molecule has 1 N–H and O–H groups in total. The Kier molecular flexibility index (Phi) is 4.99. The molecule has 1 aromatic carbocycles. The third-order valence-corrected chi connectivity index (χ3v) is 1.92. The number of nitriles is 1. The number of aliphatic carboxylic acids is 1. The molecule has 0 saturated heterocycles. The summed E-state index contributed by atoms with van der Waals surface area (Å²) in [6, 6.07) is 11.3. The smallest absolute Gasteiger partial charge is 0.346 e. The van der Waals surface area contributed by atoms with E-state index in [-0.39, 0.29) is 5.57 Å². The van der Waals surface area contributed by atoms with Crippen LogP contribution in [0, 0.1) is 11.3 Å². The summed E-state index contributed by atoms with van der Waals surface area (Å²) in [7, 11) is 0. The summed E-state index contributed by atoms with van der Waals surface area (Å²) in [6.45, 7) is 0. The Bertz CT molecular complexity index is 505. The number of hydrogen-bond acceptors (Lipinski definition) is 2. The van der Waals surface area contributed by atoms with Gasteiger partial charge in [-0.05, 0) is 11.6 Å². The van der Waals surface area contributed by atoms with Crippen LogP contribution >= 0.6 is 0 Å². The quantitative estimate of drug-likeness (QED) is 0.487. The molecule has 84 valence electrons. The van der Waals surface area contributed by atoms with Crippen LogP contribution in [0.5, 0.6) is 0 Å². The van der Waals surface area contributed by atoms with Crippen molar-refractivity contribution in [1.29, 1.82) is 5.26 Å². The van der Waals surface area contributed by atoms with Crippen LogP contribution in [0.15, 0.2) is 60.2 Å². The van der Waals surface area contributed by atoms with E-state index >= 15 is 0 Å². The van der Waals surface area contributed by atoms with Gasteiger partial charge in [0, 0.05) is 0 Å². The highest BCUT2D eigenvalue weighted by Gasteiger charge is 2.01. The largest absolute Gasteiger partial charge is 0.477 e. The zero-order valence-electron chi connectivity index (χ0n) is 9.08. The second-order valence-electron chi connectivity index (χ2n) is 3.15. The molecule has 0 heterocycles. The molecule has 0 aliphatic rings. The molecular formula is C14H11NO2. The highest BCUT2D eigenvalue weighted by molar-refractivity contribution is 5.91. The van der Waals surface area contributed by atoms with Crippen molar-refractivity contribution in [2.45, 2.75) is 0 Å². The summed E-state index contributed by atoms with van der Waals surface area (Å²) in [4.78, 5) is 10.5. The van der Waals surface area contributed by atoms with Crippen molar-refractivity contribution >= 4 is 12.0 Å². The second-order valence-corrected chi connectivity index (χ2v) is 3.15. The molecule has 17 heavy (non-hydrogen) atoms. The molecule has 0 fully saturated rings. The Hall–Kier alpha value is -2.60. The molecule has 1 aromatic rings. The van der Waals surface area contributed by atoms with Crippen LogP contribution in [0.25, 0.3) is 6.08 Å². The van der Waals surface area contributed by atoms with Gasteiger partial charge >= 0.3 is 5.97 Å². The van der Waals surface area contributed by atoms with Crippen molar-refractivity contribution in [2.75, 3.05) is 0 Å². The molecule has 0 bridgehead atoms. The summed E-state index contributed by atoms with van der Waals surface area (Å²) in [5.74, 6) is -1.22. The van der Waals surface area contributed by atoms with Crippen LogP contribution in [0.3, 0.4) is 0 Å². The maximum atomic E-state index is 10.5. The minimum absolute atomic E-state index is 0.283. The fourth-order valence-electron chi connectivity index (χ4n) is 1.10. The molecule has 3 nitrogen and oxygen atoms in total. The zero-order valence-corrected chi connectivity index (χ0v) is 9.08. The lowest BCUT2D eigenvalue weighted by molar-refractivity contribution is -0.132. The lowest BCUT2D eigenvalue weighted by Gasteiger charge is -1.88. The predicted octanol–water partition coefficient (Wildman–Crippen LogP) is 2.79. The molecule has 0 radical (unpaired) electrons. The Balaban J connectivity index is 2.60. The fourth-order valence-corrected chi connectivity index (χ4v) is 1.10. The average molecular weight is 225 g/mol. The molecule has 3 heteroatoms.